The second-order valence-corrected chi connectivity index (χ2v) is 6.02. The number of rotatable bonds is 2. The van der Waals surface area contributed by atoms with E-state index in [2.05, 4.69) is 16.7 Å². The first-order chi connectivity index (χ1) is 12.5. The molecule has 1 heterocycles. The highest BCUT2D eigenvalue weighted by Gasteiger charge is 2.16. The van der Waals surface area contributed by atoms with Crippen LogP contribution >= 0.6 is 0 Å². The van der Waals surface area contributed by atoms with Crippen molar-refractivity contribution in [2.45, 2.75) is 0 Å². The number of anilines is 3. The van der Waals surface area contributed by atoms with E-state index in [-0.39, 0.29) is 0 Å². The van der Waals surface area contributed by atoms with Crippen LogP contribution in [0.15, 0.2) is 42.5 Å². The first-order valence-electron chi connectivity index (χ1n) is 8.35. The van der Waals surface area contributed by atoms with Crippen molar-refractivity contribution >= 4 is 23.2 Å². The van der Waals surface area contributed by atoms with Gasteiger partial charge in [-0.15, -0.1) is 0 Å². The van der Waals surface area contributed by atoms with Crippen LogP contribution in [0.1, 0.15) is 11.1 Å². The first-order valence-corrected chi connectivity index (χ1v) is 8.35. The molecule has 0 bridgehead atoms. The number of carbonyl (C=O) groups is 1. The summed E-state index contributed by atoms with van der Waals surface area (Å²) in [6.07, 6.45) is -1.01. The molecule has 6 nitrogen and oxygen atoms in total. The van der Waals surface area contributed by atoms with Gasteiger partial charge in [-0.2, -0.15) is 0 Å². The van der Waals surface area contributed by atoms with Gasteiger partial charge in [0.1, 0.15) is 0 Å². The van der Waals surface area contributed by atoms with Gasteiger partial charge in [-0.05, 0) is 36.4 Å². The molecule has 0 unspecified atom stereocenters. The number of carboxylic acid groups (broad SMARTS) is 1. The zero-order chi connectivity index (χ0) is 18.5. The number of hydrogen-bond donors (Lipinski definition) is 2. The van der Waals surface area contributed by atoms with Crippen molar-refractivity contribution in [3.05, 3.63) is 53.6 Å². The van der Waals surface area contributed by atoms with Crippen molar-refractivity contribution in [1.29, 1.82) is 0 Å². The van der Waals surface area contributed by atoms with Crippen LogP contribution in [0.4, 0.5) is 21.9 Å². The second-order valence-electron chi connectivity index (χ2n) is 6.02. The number of nitrogens with two attached hydrogens (primary N) is 1. The third-order valence-corrected chi connectivity index (χ3v) is 4.23. The smallest absolute Gasteiger partial charge is 0.411 e. The lowest BCUT2D eigenvalue weighted by Gasteiger charge is -2.30. The van der Waals surface area contributed by atoms with E-state index < -0.39 is 6.09 Å². The van der Waals surface area contributed by atoms with Gasteiger partial charge < -0.3 is 20.5 Å². The van der Waals surface area contributed by atoms with Gasteiger partial charge >= 0.3 is 6.09 Å². The number of ether oxygens (including phenoxy) is 1. The number of amides is 1. The van der Waals surface area contributed by atoms with Crippen molar-refractivity contribution < 1.29 is 14.6 Å². The predicted octanol–water partition coefficient (Wildman–Crippen LogP) is 2.62. The Labute approximate surface area is 152 Å². The lowest BCUT2D eigenvalue weighted by atomic mass is 10.1. The van der Waals surface area contributed by atoms with Crippen LogP contribution in [0.5, 0.6) is 0 Å². The minimum absolute atomic E-state index is 0.575. The van der Waals surface area contributed by atoms with E-state index in [0.717, 1.165) is 29.9 Å². The number of hydrogen-bond acceptors (Lipinski definition) is 4. The summed E-state index contributed by atoms with van der Waals surface area (Å²) < 4.78 is 5.42. The van der Waals surface area contributed by atoms with Gasteiger partial charge in [0.2, 0.25) is 0 Å². The van der Waals surface area contributed by atoms with Crippen LogP contribution in [0.25, 0.3) is 0 Å². The van der Waals surface area contributed by atoms with E-state index in [1.54, 1.807) is 12.1 Å². The van der Waals surface area contributed by atoms with Gasteiger partial charge in [-0.25, -0.2) is 4.79 Å². The van der Waals surface area contributed by atoms with E-state index in [9.17, 15) is 9.90 Å². The average molecular weight is 351 g/mol. The average Bonchev–Trinajstić information content (AvgIpc) is 2.66. The monoisotopic (exact) mass is 351 g/mol. The summed E-state index contributed by atoms with van der Waals surface area (Å²) in [4.78, 5) is 14.6. The molecule has 2 aromatic rings. The highest BCUT2D eigenvalue weighted by molar-refractivity contribution is 5.86. The summed E-state index contributed by atoms with van der Waals surface area (Å²) in [5, 5.41) is 9.23. The number of nitrogens with zero attached hydrogens (tertiary/aromatic N) is 2. The van der Waals surface area contributed by atoms with Crippen LogP contribution in [0, 0.1) is 11.8 Å². The van der Waals surface area contributed by atoms with Gasteiger partial charge in [-0.1, -0.05) is 17.9 Å². The highest BCUT2D eigenvalue weighted by Crippen LogP contribution is 2.26. The van der Waals surface area contributed by atoms with E-state index in [1.807, 2.05) is 30.3 Å². The fourth-order valence-electron chi connectivity index (χ4n) is 2.78. The Balaban J connectivity index is 2.01. The number of nitrogen functional groups attached to an aromatic ring is 1. The molecule has 0 spiro atoms. The van der Waals surface area contributed by atoms with Gasteiger partial charge in [0, 0.05) is 37.1 Å². The normalized spacial score (nSPS) is 13.7. The molecule has 1 amide bonds. The number of morpholine rings is 1. The lowest BCUT2D eigenvalue weighted by molar-refractivity contribution is 0.122. The van der Waals surface area contributed by atoms with Gasteiger partial charge in [-0.3, -0.25) is 4.90 Å². The Bertz CT molecular complexity index is 864. The fourth-order valence-corrected chi connectivity index (χ4v) is 2.78. The molecule has 0 aliphatic carbocycles. The summed E-state index contributed by atoms with van der Waals surface area (Å²) in [7, 11) is 1.52. The predicted molar refractivity (Wildman–Crippen MR) is 103 cm³/mol. The Hall–Kier alpha value is -3.17. The van der Waals surface area contributed by atoms with Gasteiger partial charge in [0.15, 0.2) is 0 Å². The largest absolute Gasteiger partial charge is 0.465 e. The van der Waals surface area contributed by atoms with E-state index in [1.165, 1.54) is 11.9 Å². The maximum absolute atomic E-state index is 11.3. The van der Waals surface area contributed by atoms with Crippen LogP contribution in [-0.4, -0.2) is 44.6 Å². The van der Waals surface area contributed by atoms with Gasteiger partial charge in [0.25, 0.3) is 0 Å². The Kier molecular flexibility index (Phi) is 5.30. The molecule has 3 rings (SSSR count). The lowest BCUT2D eigenvalue weighted by Crippen LogP contribution is -2.36. The van der Waals surface area contributed by atoms with E-state index in [4.69, 9.17) is 10.5 Å². The van der Waals surface area contributed by atoms with Crippen molar-refractivity contribution in [2.75, 3.05) is 48.9 Å². The summed E-state index contributed by atoms with van der Waals surface area (Å²) in [5.41, 5.74) is 9.61. The van der Waals surface area contributed by atoms with Crippen molar-refractivity contribution in [1.82, 2.24) is 0 Å². The van der Waals surface area contributed by atoms with E-state index in [0.29, 0.717) is 24.6 Å². The van der Waals surface area contributed by atoms with Gasteiger partial charge in [0.05, 0.1) is 24.5 Å². The Morgan fingerprint density at radius 1 is 1.19 bits per heavy atom. The zero-order valence-corrected chi connectivity index (χ0v) is 14.6. The molecule has 1 saturated heterocycles. The summed E-state index contributed by atoms with van der Waals surface area (Å²) in [6.45, 7) is 2.89. The minimum atomic E-state index is -1.01. The van der Waals surface area contributed by atoms with Crippen LogP contribution in [0.2, 0.25) is 0 Å². The molecule has 0 atom stereocenters. The molecule has 0 saturated carbocycles. The maximum atomic E-state index is 11.3. The van der Waals surface area contributed by atoms with E-state index >= 15 is 0 Å². The Morgan fingerprint density at radius 3 is 2.65 bits per heavy atom. The quantitative estimate of drug-likeness (QED) is 0.642. The minimum Gasteiger partial charge on any atom is -0.465 e. The molecule has 1 fully saturated rings. The van der Waals surface area contributed by atoms with Crippen molar-refractivity contribution in [3.63, 3.8) is 0 Å². The molecule has 6 heteroatoms. The molecule has 0 aromatic heterocycles. The first kappa shape index (κ1) is 17.6. The molecular weight excluding hydrogens is 330 g/mol. The van der Waals surface area contributed by atoms with Crippen molar-refractivity contribution in [2.24, 2.45) is 0 Å². The molecule has 0 radical (unpaired) electrons. The Morgan fingerprint density at radius 2 is 1.96 bits per heavy atom. The summed E-state index contributed by atoms with van der Waals surface area (Å²) in [5.74, 6) is 6.30. The molecule has 26 heavy (non-hydrogen) atoms. The zero-order valence-electron chi connectivity index (χ0n) is 14.6. The SMILES string of the molecule is CN(C(=O)O)c1ccc(N2CCOCC2)c(C#Cc2cccc(N)c2)c1. The highest BCUT2D eigenvalue weighted by atomic mass is 16.5. The van der Waals surface area contributed by atoms with Crippen LogP contribution < -0.4 is 15.5 Å². The summed E-state index contributed by atoms with van der Waals surface area (Å²) in [6, 6.07) is 12.9. The summed E-state index contributed by atoms with van der Waals surface area (Å²) >= 11 is 0. The van der Waals surface area contributed by atoms with Crippen LogP contribution in [-0.2, 0) is 4.74 Å². The third kappa shape index (κ3) is 4.08. The van der Waals surface area contributed by atoms with Crippen LogP contribution in [0.3, 0.4) is 0 Å². The molecular formula is C20H21N3O3. The molecule has 1 aliphatic rings. The number of benzene rings is 2. The molecule has 134 valence electrons. The molecule has 3 N–H and O–H groups in total. The third-order valence-electron chi connectivity index (χ3n) is 4.23. The topological polar surface area (TPSA) is 79.0 Å². The standard InChI is InChI=1S/C20H21N3O3/c1-22(20(24)25)18-7-8-19(23-9-11-26-12-10-23)16(14-18)6-5-15-3-2-4-17(21)13-15/h2-4,7-8,13-14H,9-12,21H2,1H3,(H,24,25). The molecule has 2 aromatic carbocycles. The molecule has 1 aliphatic heterocycles. The van der Waals surface area contributed by atoms with Crippen molar-refractivity contribution in [3.8, 4) is 11.8 Å². The maximum Gasteiger partial charge on any atom is 0.411 e. The second kappa shape index (κ2) is 7.81. The fraction of sp³-hybridized carbons (Fsp3) is 0.250.